The van der Waals surface area contributed by atoms with E-state index in [1.165, 1.54) is 5.56 Å². The van der Waals surface area contributed by atoms with Gasteiger partial charge in [0.15, 0.2) is 0 Å². The Morgan fingerprint density at radius 3 is 1.80 bits per heavy atom. The second kappa shape index (κ2) is 6.31. The molecule has 0 radical (unpaired) electrons. The zero-order chi connectivity index (χ0) is 5.98. The molecule has 2 heteroatoms. The van der Waals surface area contributed by atoms with E-state index < -0.39 is 0 Å². The second-order valence-electron chi connectivity index (χ2n) is 1.99. The van der Waals surface area contributed by atoms with E-state index in [-0.39, 0.29) is 47.0 Å². The van der Waals surface area contributed by atoms with Crippen LogP contribution >= 0.6 is 0 Å². The summed E-state index contributed by atoms with van der Waals surface area (Å²) in [5, 5.41) is 0. The smallest absolute Gasteiger partial charge is 1.00 e. The number of hydrogen-bond acceptors (Lipinski definition) is 0. The van der Waals surface area contributed by atoms with Gasteiger partial charge < -0.3 is 24.0 Å². The summed E-state index contributed by atoms with van der Waals surface area (Å²) in [6, 6.07) is 8.13. The Kier molecular flexibility index (Phi) is 8.32. The minimum absolute atomic E-state index is 0. The summed E-state index contributed by atoms with van der Waals surface area (Å²) in [5.74, 6) is 0. The molecule has 10 heavy (non-hydrogen) atoms. The summed E-state index contributed by atoms with van der Waals surface area (Å²) in [6.07, 6.45) is 0. The predicted molar refractivity (Wildman–Crippen MR) is 41.4 cm³/mol. The van der Waals surface area contributed by atoms with Crippen molar-refractivity contribution in [1.29, 1.82) is 0 Å². The van der Waals surface area contributed by atoms with Gasteiger partial charge in [-0.1, -0.05) is 5.56 Å². The summed E-state index contributed by atoms with van der Waals surface area (Å²) < 4.78 is 0. The molecule has 0 bridgehead atoms. The van der Waals surface area contributed by atoms with Crippen molar-refractivity contribution in [3.63, 3.8) is 0 Å². The summed E-state index contributed by atoms with van der Waals surface area (Å²) >= 11 is 0. The Morgan fingerprint density at radius 2 is 1.50 bits per heavy atom. The Bertz CT molecular complexity index is 148. The average Bonchev–Trinajstić information content (AvgIpc) is 1.77. The molecule has 0 aliphatic heterocycles. The number of hydrogen-bond donors (Lipinski definition) is 0. The third-order valence-electron chi connectivity index (χ3n) is 1.12. The van der Waals surface area contributed by atoms with Crippen LogP contribution in [-0.4, -0.2) is 23.1 Å². The molecule has 0 spiro atoms. The van der Waals surface area contributed by atoms with Gasteiger partial charge in [0.2, 0.25) is 0 Å². The summed E-state index contributed by atoms with van der Waals surface area (Å²) in [7, 11) is 0. The van der Waals surface area contributed by atoms with E-state index in [9.17, 15) is 0 Å². The van der Waals surface area contributed by atoms with Crippen molar-refractivity contribution in [2.75, 3.05) is 0 Å². The fourth-order valence-corrected chi connectivity index (χ4v) is 0.588. The molecule has 0 saturated carbocycles. The third kappa shape index (κ3) is 4.41. The molecule has 0 aliphatic carbocycles. The van der Waals surface area contributed by atoms with Crippen molar-refractivity contribution in [2.24, 2.45) is 0 Å². The maximum absolute atomic E-state index is 3.76. The molecule has 0 nitrogen and oxygen atoms in total. The van der Waals surface area contributed by atoms with Crippen LogP contribution in [0.2, 0.25) is 0 Å². The molecule has 0 unspecified atom stereocenters. The van der Waals surface area contributed by atoms with E-state index in [2.05, 4.69) is 26.0 Å². The van der Waals surface area contributed by atoms with Crippen LogP contribution in [0.25, 0.3) is 0 Å². The minimum atomic E-state index is 0. The van der Waals surface area contributed by atoms with Crippen molar-refractivity contribution < 1.29 is 24.0 Å². The van der Waals surface area contributed by atoms with Gasteiger partial charge in [0, 0.05) is 0 Å². The number of aryl methyl sites for hydroxylation is 1. The van der Waals surface area contributed by atoms with E-state index in [0.717, 1.165) is 5.56 Å². The molecule has 1 aromatic carbocycles. The SMILES string of the molecule is [CH2-]c1ccc(C)cc1.[I-].[Mg+2]. The van der Waals surface area contributed by atoms with Crippen molar-refractivity contribution >= 4 is 23.1 Å². The fraction of sp³-hybridized carbons (Fsp3) is 0.125. The first-order chi connectivity index (χ1) is 3.79. The van der Waals surface area contributed by atoms with Crippen molar-refractivity contribution in [2.45, 2.75) is 6.92 Å². The maximum Gasteiger partial charge on any atom is 2.00 e. The van der Waals surface area contributed by atoms with Crippen molar-refractivity contribution in [3.8, 4) is 0 Å². The molecule has 0 atom stereocenters. The molecule has 1 rings (SSSR count). The Labute approximate surface area is 95.6 Å². The van der Waals surface area contributed by atoms with Crippen LogP contribution < -0.4 is 24.0 Å². The van der Waals surface area contributed by atoms with Gasteiger partial charge in [-0.05, 0) is 6.92 Å². The Hall–Kier alpha value is 0.586. The first kappa shape index (κ1) is 13.2. The molecule has 0 amide bonds. The van der Waals surface area contributed by atoms with E-state index in [1.54, 1.807) is 0 Å². The topological polar surface area (TPSA) is 0 Å². The number of benzene rings is 1. The Morgan fingerprint density at radius 1 is 1.10 bits per heavy atom. The van der Waals surface area contributed by atoms with Crippen molar-refractivity contribution in [1.82, 2.24) is 0 Å². The van der Waals surface area contributed by atoms with Gasteiger partial charge in [-0.25, -0.2) is 0 Å². The van der Waals surface area contributed by atoms with E-state index >= 15 is 0 Å². The van der Waals surface area contributed by atoms with Crippen LogP contribution in [0.4, 0.5) is 0 Å². The summed E-state index contributed by atoms with van der Waals surface area (Å²) in [6.45, 7) is 5.83. The standard InChI is InChI=1S/C8H9.HI.Mg/c1-7-3-5-8(2)6-4-7;;/h3-6H,1H2,2H3;1H;/q-1;;+2/p-1. The van der Waals surface area contributed by atoms with E-state index in [0.29, 0.717) is 0 Å². The Balaban J connectivity index is 0. The van der Waals surface area contributed by atoms with Crippen LogP contribution in [0.1, 0.15) is 11.1 Å². The molecular weight excluding hydrogens is 247 g/mol. The van der Waals surface area contributed by atoms with Gasteiger partial charge in [-0.3, -0.25) is 0 Å². The normalized spacial score (nSPS) is 7.30. The van der Waals surface area contributed by atoms with Gasteiger partial charge in [0.25, 0.3) is 0 Å². The monoisotopic (exact) mass is 256 g/mol. The average molecular weight is 256 g/mol. The van der Waals surface area contributed by atoms with Crippen LogP contribution in [0.15, 0.2) is 24.3 Å². The van der Waals surface area contributed by atoms with Crippen molar-refractivity contribution in [3.05, 3.63) is 42.3 Å². The first-order valence-corrected chi connectivity index (χ1v) is 2.67. The molecule has 0 heterocycles. The second-order valence-corrected chi connectivity index (χ2v) is 1.99. The molecule has 50 valence electrons. The molecule has 1 aromatic rings. The quantitative estimate of drug-likeness (QED) is 0.311. The van der Waals surface area contributed by atoms with Crippen LogP contribution in [0.5, 0.6) is 0 Å². The molecule has 0 saturated heterocycles. The zero-order valence-electron chi connectivity index (χ0n) is 6.10. The number of rotatable bonds is 0. The fourth-order valence-electron chi connectivity index (χ4n) is 0.588. The molecule has 0 aromatic heterocycles. The third-order valence-corrected chi connectivity index (χ3v) is 1.12. The molecular formula is C8H9IMg. The van der Waals surface area contributed by atoms with Gasteiger partial charge in [-0.15, -0.1) is 12.1 Å². The number of halogens is 1. The summed E-state index contributed by atoms with van der Waals surface area (Å²) in [5.41, 5.74) is 2.37. The molecule has 0 aliphatic rings. The minimum Gasteiger partial charge on any atom is -1.00 e. The van der Waals surface area contributed by atoms with E-state index in [4.69, 9.17) is 0 Å². The first-order valence-electron chi connectivity index (χ1n) is 2.67. The van der Waals surface area contributed by atoms with Gasteiger partial charge >= 0.3 is 23.1 Å². The van der Waals surface area contributed by atoms with Crippen LogP contribution in [0.3, 0.4) is 0 Å². The van der Waals surface area contributed by atoms with Crippen LogP contribution in [0, 0.1) is 13.8 Å². The van der Waals surface area contributed by atoms with Gasteiger partial charge in [-0.2, -0.15) is 24.6 Å². The van der Waals surface area contributed by atoms with E-state index in [1.807, 2.05) is 12.1 Å². The maximum atomic E-state index is 3.76. The van der Waals surface area contributed by atoms with Gasteiger partial charge in [0.05, 0.1) is 0 Å². The zero-order valence-corrected chi connectivity index (χ0v) is 9.67. The van der Waals surface area contributed by atoms with Crippen LogP contribution in [-0.2, 0) is 0 Å². The largest absolute Gasteiger partial charge is 2.00 e. The molecule has 0 fully saturated rings. The predicted octanol–water partition coefficient (Wildman–Crippen LogP) is -1.20. The molecule has 0 N–H and O–H groups in total. The summed E-state index contributed by atoms with van der Waals surface area (Å²) in [4.78, 5) is 0. The van der Waals surface area contributed by atoms with Gasteiger partial charge in [0.1, 0.15) is 0 Å².